The molecule has 0 unspecified atom stereocenters. The van der Waals surface area contributed by atoms with Crippen LogP contribution in [0.1, 0.15) is 31.0 Å². The Kier molecular flexibility index (Phi) is 8.28. The van der Waals surface area contributed by atoms with Crippen LogP contribution in [0.15, 0.2) is 59.8 Å². The third-order valence-corrected chi connectivity index (χ3v) is 7.39. The average Bonchev–Trinajstić information content (AvgIpc) is 3.25. The standard InChI is InChI=1S/C28H29N7O3S/c1-18(36)32-22-6-2-4-20(14-22)25-21(5-3-10-30-25)17-29-16-19-8-12-35(13-9-19)27-31-11-7-23(33-27)15-24-26(37)34-28(38)39-24/h2-7,10-11,14-15,19,29H,8-9,12-13,16-17H2,1H3,(H,32,36)(H,34,37,38)/b24-15-. The molecule has 39 heavy (non-hydrogen) atoms. The molecule has 3 aromatic rings. The van der Waals surface area contributed by atoms with E-state index in [0.29, 0.717) is 29.0 Å². The SMILES string of the molecule is CC(=O)Nc1cccc(-c2ncccc2CNCC2CCN(c3nccc(/C=C4\SC(=O)NC4=O)n3)CC2)c1. The van der Waals surface area contributed by atoms with Crippen LogP contribution in [0.3, 0.4) is 0 Å². The lowest BCUT2D eigenvalue weighted by Crippen LogP contribution is -2.38. The molecular formula is C28H29N7O3S. The molecule has 4 heterocycles. The van der Waals surface area contributed by atoms with Gasteiger partial charge in [0, 0.05) is 50.2 Å². The zero-order valence-corrected chi connectivity index (χ0v) is 22.3. The molecule has 3 N–H and O–H groups in total. The smallest absolute Gasteiger partial charge is 0.290 e. The highest BCUT2D eigenvalue weighted by Gasteiger charge is 2.26. The summed E-state index contributed by atoms with van der Waals surface area (Å²) in [6, 6.07) is 13.5. The van der Waals surface area contributed by atoms with Crippen molar-refractivity contribution in [3.8, 4) is 11.3 Å². The summed E-state index contributed by atoms with van der Waals surface area (Å²) in [5.74, 6) is 0.661. The number of carbonyl (C=O) groups excluding carboxylic acids is 3. The summed E-state index contributed by atoms with van der Waals surface area (Å²) in [5.41, 5.74) is 4.32. The van der Waals surface area contributed by atoms with Crippen molar-refractivity contribution in [2.45, 2.75) is 26.3 Å². The van der Waals surface area contributed by atoms with Crippen molar-refractivity contribution < 1.29 is 14.4 Å². The molecular weight excluding hydrogens is 514 g/mol. The molecule has 1 aromatic carbocycles. The van der Waals surface area contributed by atoms with Gasteiger partial charge in [-0.25, -0.2) is 9.97 Å². The molecule has 0 saturated carbocycles. The van der Waals surface area contributed by atoms with Crippen molar-refractivity contribution in [1.82, 2.24) is 25.6 Å². The third kappa shape index (κ3) is 6.87. The maximum Gasteiger partial charge on any atom is 0.290 e. The highest BCUT2D eigenvalue weighted by molar-refractivity contribution is 8.18. The highest BCUT2D eigenvalue weighted by Crippen LogP contribution is 2.27. The van der Waals surface area contributed by atoms with Crippen molar-refractivity contribution in [3.63, 3.8) is 0 Å². The minimum atomic E-state index is -0.393. The molecule has 5 rings (SSSR count). The molecule has 0 bridgehead atoms. The Morgan fingerprint density at radius 3 is 2.74 bits per heavy atom. The van der Waals surface area contributed by atoms with Gasteiger partial charge in [-0.2, -0.15) is 0 Å². The fourth-order valence-electron chi connectivity index (χ4n) is 4.69. The first-order chi connectivity index (χ1) is 18.9. The van der Waals surface area contributed by atoms with E-state index < -0.39 is 5.91 Å². The minimum absolute atomic E-state index is 0.104. The van der Waals surface area contributed by atoms with Crippen LogP contribution in [0, 0.1) is 5.92 Å². The summed E-state index contributed by atoms with van der Waals surface area (Å²) in [4.78, 5) is 50.8. The average molecular weight is 544 g/mol. The lowest BCUT2D eigenvalue weighted by molar-refractivity contribution is -0.115. The normalized spacial score (nSPS) is 16.9. The highest BCUT2D eigenvalue weighted by atomic mass is 32.2. The van der Waals surface area contributed by atoms with Crippen LogP contribution in [-0.2, 0) is 16.1 Å². The van der Waals surface area contributed by atoms with E-state index in [9.17, 15) is 14.4 Å². The summed E-state index contributed by atoms with van der Waals surface area (Å²) in [6.45, 7) is 4.77. The second-order valence-electron chi connectivity index (χ2n) is 9.47. The molecule has 0 aliphatic carbocycles. The van der Waals surface area contributed by atoms with Gasteiger partial charge in [-0.05, 0) is 73.0 Å². The van der Waals surface area contributed by atoms with Gasteiger partial charge in [0.05, 0.1) is 16.3 Å². The van der Waals surface area contributed by atoms with Crippen LogP contribution in [0.25, 0.3) is 17.3 Å². The number of benzene rings is 1. The quantitative estimate of drug-likeness (QED) is 0.363. The van der Waals surface area contributed by atoms with Crippen LogP contribution >= 0.6 is 11.8 Å². The molecule has 2 aromatic heterocycles. The maximum absolute atomic E-state index is 11.8. The summed E-state index contributed by atoms with van der Waals surface area (Å²) in [6.07, 6.45) is 7.10. The van der Waals surface area contributed by atoms with Crippen LogP contribution in [0.5, 0.6) is 0 Å². The second-order valence-corrected chi connectivity index (χ2v) is 10.5. The first-order valence-electron chi connectivity index (χ1n) is 12.8. The molecule has 11 heteroatoms. The van der Waals surface area contributed by atoms with E-state index in [1.54, 1.807) is 24.5 Å². The van der Waals surface area contributed by atoms with E-state index in [1.807, 2.05) is 30.3 Å². The number of hydrogen-bond donors (Lipinski definition) is 3. The van der Waals surface area contributed by atoms with Gasteiger partial charge < -0.3 is 15.5 Å². The third-order valence-electron chi connectivity index (χ3n) is 6.58. The topological polar surface area (TPSA) is 129 Å². The molecule has 200 valence electrons. The van der Waals surface area contributed by atoms with Gasteiger partial charge in [0.2, 0.25) is 11.9 Å². The number of thioether (sulfide) groups is 1. The lowest BCUT2D eigenvalue weighted by Gasteiger charge is -2.32. The van der Waals surface area contributed by atoms with Gasteiger partial charge in [-0.15, -0.1) is 0 Å². The Morgan fingerprint density at radius 1 is 1.13 bits per heavy atom. The number of aromatic nitrogens is 3. The van der Waals surface area contributed by atoms with Crippen LogP contribution < -0.4 is 20.9 Å². The molecule has 2 fully saturated rings. The number of hydrogen-bond acceptors (Lipinski definition) is 9. The van der Waals surface area contributed by atoms with E-state index in [2.05, 4.69) is 41.9 Å². The number of nitrogens with one attached hydrogen (secondary N) is 3. The van der Waals surface area contributed by atoms with Gasteiger partial charge in [0.25, 0.3) is 11.1 Å². The molecule has 2 aliphatic heterocycles. The van der Waals surface area contributed by atoms with Gasteiger partial charge >= 0.3 is 0 Å². The molecule has 10 nitrogen and oxygen atoms in total. The monoisotopic (exact) mass is 543 g/mol. The largest absolute Gasteiger partial charge is 0.341 e. The summed E-state index contributed by atoms with van der Waals surface area (Å²) < 4.78 is 0. The lowest BCUT2D eigenvalue weighted by atomic mass is 9.96. The number of nitrogens with zero attached hydrogens (tertiary/aromatic N) is 4. The first kappa shape index (κ1) is 26.5. The van der Waals surface area contributed by atoms with Crippen LogP contribution in [0.4, 0.5) is 16.4 Å². The van der Waals surface area contributed by atoms with E-state index in [-0.39, 0.29) is 11.1 Å². The van der Waals surface area contributed by atoms with Gasteiger partial charge in [-0.1, -0.05) is 18.2 Å². The fraction of sp³-hybridized carbons (Fsp3) is 0.286. The van der Waals surface area contributed by atoms with E-state index in [4.69, 9.17) is 0 Å². The molecule has 3 amide bonds. The summed E-state index contributed by atoms with van der Waals surface area (Å²) in [7, 11) is 0. The molecule has 0 radical (unpaired) electrons. The van der Waals surface area contributed by atoms with Gasteiger partial charge in [-0.3, -0.25) is 24.7 Å². The zero-order chi connectivity index (χ0) is 27.2. The van der Waals surface area contributed by atoms with Crippen LogP contribution in [0.2, 0.25) is 0 Å². The zero-order valence-electron chi connectivity index (χ0n) is 21.5. The second kappa shape index (κ2) is 12.2. The van der Waals surface area contributed by atoms with Gasteiger partial charge in [0.1, 0.15) is 0 Å². The minimum Gasteiger partial charge on any atom is -0.341 e. The number of pyridine rings is 1. The maximum atomic E-state index is 11.8. The Morgan fingerprint density at radius 2 is 1.97 bits per heavy atom. The number of amides is 3. The number of anilines is 2. The van der Waals surface area contributed by atoms with Crippen molar-refractivity contribution in [2.75, 3.05) is 29.9 Å². The van der Waals surface area contributed by atoms with E-state index >= 15 is 0 Å². The predicted octanol–water partition coefficient (Wildman–Crippen LogP) is 3.83. The summed E-state index contributed by atoms with van der Waals surface area (Å²) >= 11 is 0.880. The van der Waals surface area contributed by atoms with Crippen molar-refractivity contribution in [3.05, 3.63) is 71.0 Å². The van der Waals surface area contributed by atoms with E-state index in [1.165, 1.54) is 6.92 Å². The summed E-state index contributed by atoms with van der Waals surface area (Å²) in [5, 5.41) is 8.32. The Bertz CT molecular complexity index is 1420. The molecule has 0 spiro atoms. The fourth-order valence-corrected chi connectivity index (χ4v) is 5.35. The van der Waals surface area contributed by atoms with Crippen molar-refractivity contribution >= 4 is 46.5 Å². The Balaban J connectivity index is 1.14. The van der Waals surface area contributed by atoms with Crippen molar-refractivity contribution in [2.24, 2.45) is 5.92 Å². The Labute approximate surface area is 230 Å². The molecule has 0 atom stereocenters. The number of piperidine rings is 1. The molecule has 2 saturated heterocycles. The number of rotatable bonds is 8. The van der Waals surface area contributed by atoms with E-state index in [0.717, 1.165) is 66.7 Å². The number of carbonyl (C=O) groups is 3. The Hall–Kier alpha value is -4.09. The van der Waals surface area contributed by atoms with Gasteiger partial charge in [0.15, 0.2) is 0 Å². The molecule has 2 aliphatic rings. The number of imide groups is 1. The van der Waals surface area contributed by atoms with Crippen LogP contribution in [-0.4, -0.2) is 51.6 Å². The van der Waals surface area contributed by atoms with Crippen molar-refractivity contribution in [1.29, 1.82) is 0 Å². The first-order valence-corrected chi connectivity index (χ1v) is 13.6. The predicted molar refractivity (Wildman–Crippen MR) is 152 cm³/mol.